The Morgan fingerprint density at radius 1 is 1.17 bits per heavy atom. The van der Waals surface area contributed by atoms with E-state index in [4.69, 9.17) is 4.74 Å². The normalized spacial score (nSPS) is 14.9. The second-order valence-electron chi connectivity index (χ2n) is 7.38. The molecule has 0 bridgehead atoms. The van der Waals surface area contributed by atoms with Gasteiger partial charge in [-0.3, -0.25) is 9.89 Å². The first-order valence-corrected chi connectivity index (χ1v) is 9.84. The van der Waals surface area contributed by atoms with Crippen LogP contribution in [0.5, 0.6) is 5.75 Å². The minimum absolute atomic E-state index is 0.122. The van der Waals surface area contributed by atoms with E-state index in [1.54, 1.807) is 0 Å². The summed E-state index contributed by atoms with van der Waals surface area (Å²) in [5.41, 5.74) is 4.21. The van der Waals surface area contributed by atoms with Gasteiger partial charge in [-0.05, 0) is 36.8 Å². The van der Waals surface area contributed by atoms with Gasteiger partial charge in [-0.25, -0.2) is 4.98 Å². The van der Waals surface area contributed by atoms with E-state index in [0.29, 0.717) is 18.9 Å². The van der Waals surface area contributed by atoms with Crippen molar-refractivity contribution in [3.63, 3.8) is 0 Å². The molecule has 0 fully saturated rings. The van der Waals surface area contributed by atoms with Crippen molar-refractivity contribution in [2.75, 3.05) is 6.61 Å². The predicted octanol–water partition coefficient (Wildman–Crippen LogP) is 3.36. The number of aryl methyl sites for hydroxylation is 1. The number of para-hydroxylation sites is 2. The summed E-state index contributed by atoms with van der Waals surface area (Å²) in [4.78, 5) is 17.2. The first-order valence-electron chi connectivity index (χ1n) is 9.84. The fourth-order valence-corrected chi connectivity index (χ4v) is 3.65. The molecule has 1 aliphatic rings. The van der Waals surface area contributed by atoms with Gasteiger partial charge in [0.05, 0.1) is 5.69 Å². The van der Waals surface area contributed by atoms with Gasteiger partial charge in [-0.2, -0.15) is 0 Å². The fraction of sp³-hybridized carbons (Fsp3) is 0.174. The Bertz CT molecular complexity index is 1190. The lowest BCUT2D eigenvalue weighted by atomic mass is 10.1. The number of nitrogens with one attached hydrogen (secondary N) is 2. The Labute approximate surface area is 173 Å². The van der Waals surface area contributed by atoms with Crippen LogP contribution in [0.4, 0.5) is 0 Å². The highest BCUT2D eigenvalue weighted by Crippen LogP contribution is 2.31. The van der Waals surface area contributed by atoms with E-state index in [-0.39, 0.29) is 17.8 Å². The number of aromatic amines is 1. The van der Waals surface area contributed by atoms with Gasteiger partial charge in [0, 0.05) is 18.3 Å². The quantitative estimate of drug-likeness (QED) is 0.551. The highest BCUT2D eigenvalue weighted by Gasteiger charge is 2.26. The van der Waals surface area contributed by atoms with Crippen LogP contribution in [-0.2, 0) is 6.42 Å². The van der Waals surface area contributed by atoms with Gasteiger partial charge in [-0.15, -0.1) is 5.10 Å². The van der Waals surface area contributed by atoms with Crippen LogP contribution in [0, 0.1) is 6.92 Å². The number of fused-ring (bicyclic) bond motifs is 3. The maximum absolute atomic E-state index is 12.8. The van der Waals surface area contributed by atoms with Gasteiger partial charge in [0.1, 0.15) is 24.2 Å². The zero-order chi connectivity index (χ0) is 20.5. The first kappa shape index (κ1) is 18.2. The monoisotopic (exact) mass is 399 g/mol. The number of nitrogens with zero attached hydrogens (tertiary/aromatic N) is 3. The van der Waals surface area contributed by atoms with Gasteiger partial charge in [0.15, 0.2) is 0 Å². The molecule has 4 aromatic rings. The molecule has 2 N–H and O–H groups in total. The van der Waals surface area contributed by atoms with Crippen LogP contribution in [-0.4, -0.2) is 32.3 Å². The molecule has 150 valence electrons. The predicted molar refractivity (Wildman–Crippen MR) is 112 cm³/mol. The van der Waals surface area contributed by atoms with Crippen molar-refractivity contribution < 1.29 is 9.53 Å². The van der Waals surface area contributed by atoms with E-state index in [0.717, 1.165) is 22.7 Å². The van der Waals surface area contributed by atoms with Crippen LogP contribution >= 0.6 is 0 Å². The highest BCUT2D eigenvalue weighted by molar-refractivity contribution is 5.90. The number of hydrogen-bond acceptors (Lipinski definition) is 4. The molecule has 0 radical (unpaired) electrons. The van der Waals surface area contributed by atoms with E-state index in [1.807, 2.05) is 66.2 Å². The maximum atomic E-state index is 12.8. The number of amides is 1. The van der Waals surface area contributed by atoms with E-state index in [9.17, 15) is 4.79 Å². The average molecular weight is 399 g/mol. The Balaban J connectivity index is 1.33. The molecule has 0 spiro atoms. The molecule has 7 nitrogen and oxygen atoms in total. The number of rotatable bonds is 4. The molecule has 2 aromatic carbocycles. The van der Waals surface area contributed by atoms with Crippen LogP contribution in [0.2, 0.25) is 0 Å². The lowest BCUT2D eigenvalue weighted by Gasteiger charge is -2.16. The summed E-state index contributed by atoms with van der Waals surface area (Å²) in [7, 11) is 0. The van der Waals surface area contributed by atoms with Crippen molar-refractivity contribution in [2.24, 2.45) is 0 Å². The van der Waals surface area contributed by atoms with Crippen LogP contribution in [0.1, 0.15) is 39.3 Å². The van der Waals surface area contributed by atoms with Crippen LogP contribution in [0.3, 0.4) is 0 Å². The average Bonchev–Trinajstić information content (AvgIpc) is 3.40. The molecular formula is C23H21N5O2. The third-order valence-corrected chi connectivity index (χ3v) is 5.20. The number of hydrogen-bond donors (Lipinski definition) is 2. The van der Waals surface area contributed by atoms with Gasteiger partial charge in [0.25, 0.3) is 5.91 Å². The highest BCUT2D eigenvalue weighted by atomic mass is 16.5. The summed E-state index contributed by atoms with van der Waals surface area (Å²) in [6, 6.07) is 19.7. The summed E-state index contributed by atoms with van der Waals surface area (Å²) < 4.78 is 7.98. The summed E-state index contributed by atoms with van der Waals surface area (Å²) in [6.07, 6.45) is 2.56. The van der Waals surface area contributed by atoms with Crippen molar-refractivity contribution in [3.8, 4) is 11.4 Å². The fourth-order valence-electron chi connectivity index (χ4n) is 3.65. The lowest BCUT2D eigenvalue weighted by molar-refractivity contribution is 0.0911. The van der Waals surface area contributed by atoms with Crippen molar-refractivity contribution >= 4 is 5.91 Å². The van der Waals surface area contributed by atoms with E-state index in [1.165, 1.54) is 5.56 Å². The first-order chi connectivity index (χ1) is 14.7. The van der Waals surface area contributed by atoms with Gasteiger partial charge in [-0.1, -0.05) is 42.0 Å². The molecule has 1 amide bonds. The molecule has 0 aliphatic carbocycles. The molecular weight excluding hydrogens is 378 g/mol. The summed E-state index contributed by atoms with van der Waals surface area (Å²) >= 11 is 0. The Kier molecular flexibility index (Phi) is 4.55. The summed E-state index contributed by atoms with van der Waals surface area (Å²) in [6.45, 7) is 2.38. The molecule has 2 aromatic heterocycles. The molecule has 1 aliphatic heterocycles. The molecule has 30 heavy (non-hydrogen) atoms. The Morgan fingerprint density at radius 2 is 2.00 bits per heavy atom. The van der Waals surface area contributed by atoms with Crippen LogP contribution < -0.4 is 10.1 Å². The van der Waals surface area contributed by atoms with Crippen molar-refractivity contribution in [2.45, 2.75) is 19.4 Å². The smallest absolute Gasteiger partial charge is 0.291 e. The number of H-pyrrole nitrogens is 1. The molecule has 7 heteroatoms. The maximum Gasteiger partial charge on any atom is 0.291 e. The van der Waals surface area contributed by atoms with Gasteiger partial charge >= 0.3 is 0 Å². The number of ether oxygens (including phenoxy) is 1. The molecule has 5 rings (SSSR count). The van der Waals surface area contributed by atoms with Crippen molar-refractivity contribution in [1.29, 1.82) is 0 Å². The minimum Gasteiger partial charge on any atom is -0.489 e. The van der Waals surface area contributed by atoms with Crippen LogP contribution in [0.15, 0.2) is 66.9 Å². The third-order valence-electron chi connectivity index (χ3n) is 5.20. The number of carbonyl (C=O) groups is 1. The lowest BCUT2D eigenvalue weighted by Crippen LogP contribution is -2.33. The number of carbonyl (C=O) groups excluding carboxylic acids is 1. The standard InChI is InChI=1S/C23H21N5O2/c1-15-8-10-16(11-9-15)13-21-25-22(27-26-21)23(29)24-17-14-30-20-7-3-2-5-19(20)28-12-4-6-18(17)28/h2-12,17H,13-14H2,1H3,(H,24,29)(H,25,26,27). The molecule has 1 atom stereocenters. The van der Waals surface area contributed by atoms with E-state index < -0.39 is 0 Å². The Morgan fingerprint density at radius 3 is 2.87 bits per heavy atom. The SMILES string of the molecule is Cc1ccc(Cc2nc(C(=O)NC3COc4ccccc4-n4cccc43)n[nH]2)cc1. The minimum atomic E-state index is -0.339. The summed E-state index contributed by atoms with van der Waals surface area (Å²) in [5.74, 6) is 1.22. The van der Waals surface area contributed by atoms with Crippen molar-refractivity contribution in [3.05, 3.63) is 95.3 Å². The van der Waals surface area contributed by atoms with Crippen molar-refractivity contribution in [1.82, 2.24) is 25.1 Å². The molecule has 1 unspecified atom stereocenters. The topological polar surface area (TPSA) is 84.8 Å². The number of benzene rings is 2. The zero-order valence-electron chi connectivity index (χ0n) is 16.5. The summed E-state index contributed by atoms with van der Waals surface area (Å²) in [5, 5.41) is 9.98. The molecule has 0 saturated carbocycles. The van der Waals surface area contributed by atoms with Crippen LogP contribution in [0.25, 0.3) is 5.69 Å². The second kappa shape index (κ2) is 7.51. The van der Waals surface area contributed by atoms with E-state index >= 15 is 0 Å². The van der Waals surface area contributed by atoms with E-state index in [2.05, 4.69) is 32.6 Å². The van der Waals surface area contributed by atoms with Gasteiger partial charge in [0.2, 0.25) is 5.82 Å². The molecule has 3 heterocycles. The largest absolute Gasteiger partial charge is 0.489 e. The molecule has 0 saturated heterocycles. The Hall–Kier alpha value is -3.87. The number of aromatic nitrogens is 4. The third kappa shape index (κ3) is 3.45. The van der Waals surface area contributed by atoms with Gasteiger partial charge < -0.3 is 14.6 Å². The second-order valence-corrected chi connectivity index (χ2v) is 7.38. The zero-order valence-corrected chi connectivity index (χ0v) is 16.5.